The summed E-state index contributed by atoms with van der Waals surface area (Å²) in [5.74, 6) is 0.731. The molecule has 0 fully saturated rings. The second-order valence-corrected chi connectivity index (χ2v) is 4.67. The van der Waals surface area contributed by atoms with Gasteiger partial charge in [-0.2, -0.15) is 0 Å². The first-order chi connectivity index (χ1) is 9.42. The Morgan fingerprint density at radius 2 is 1.89 bits per heavy atom. The molecule has 0 N–H and O–H groups in total. The van der Waals surface area contributed by atoms with Crippen LogP contribution in [0, 0.1) is 0 Å². The van der Waals surface area contributed by atoms with Gasteiger partial charge >= 0.3 is 0 Å². The Balaban J connectivity index is 2.02. The summed E-state index contributed by atoms with van der Waals surface area (Å²) in [4.78, 5) is 13.5. The maximum Gasteiger partial charge on any atom is 0.234 e. The molecule has 0 bridgehead atoms. The smallest absolute Gasteiger partial charge is 0.234 e. The van der Waals surface area contributed by atoms with E-state index in [1.54, 1.807) is 6.20 Å². The summed E-state index contributed by atoms with van der Waals surface area (Å²) in [6.07, 6.45) is 3.69. The van der Waals surface area contributed by atoms with Crippen LogP contribution >= 0.6 is 0 Å². The van der Waals surface area contributed by atoms with Crippen LogP contribution in [0.3, 0.4) is 0 Å². The zero-order chi connectivity index (χ0) is 12.4. The lowest BCUT2D eigenvalue weighted by Crippen LogP contribution is -2.02. The Kier molecular flexibility index (Phi) is 1.44. The first-order valence-electron chi connectivity index (χ1n) is 6.15. The molecule has 0 aliphatic carbocycles. The number of aromatic nitrogens is 3. The summed E-state index contributed by atoms with van der Waals surface area (Å²) in [7, 11) is 0. The SMILES string of the molecule is c1ccc2c(c1)N=c1c-2ccc2c1nc1nccn12. The first-order valence-corrected chi connectivity index (χ1v) is 6.15. The van der Waals surface area contributed by atoms with E-state index < -0.39 is 0 Å². The van der Waals surface area contributed by atoms with Gasteiger partial charge in [0.25, 0.3) is 0 Å². The van der Waals surface area contributed by atoms with E-state index >= 15 is 0 Å². The van der Waals surface area contributed by atoms with Gasteiger partial charge in [-0.05, 0) is 18.2 Å². The van der Waals surface area contributed by atoms with Crippen molar-refractivity contribution < 1.29 is 0 Å². The van der Waals surface area contributed by atoms with Crippen molar-refractivity contribution in [1.29, 1.82) is 0 Å². The van der Waals surface area contributed by atoms with Crippen LogP contribution in [0.2, 0.25) is 0 Å². The lowest BCUT2D eigenvalue weighted by Gasteiger charge is -1.97. The van der Waals surface area contributed by atoms with Crippen LogP contribution in [-0.4, -0.2) is 14.4 Å². The van der Waals surface area contributed by atoms with Gasteiger partial charge in [-0.25, -0.2) is 15.0 Å². The fourth-order valence-electron chi connectivity index (χ4n) is 2.79. The van der Waals surface area contributed by atoms with E-state index in [2.05, 4.69) is 28.2 Å². The third-order valence-corrected chi connectivity index (χ3v) is 3.65. The van der Waals surface area contributed by atoms with Crippen molar-refractivity contribution >= 4 is 22.5 Å². The topological polar surface area (TPSA) is 42.5 Å². The summed E-state index contributed by atoms with van der Waals surface area (Å²) in [6.45, 7) is 0. The van der Waals surface area contributed by atoms with E-state index in [4.69, 9.17) is 4.99 Å². The highest BCUT2D eigenvalue weighted by Gasteiger charge is 2.17. The Morgan fingerprint density at radius 1 is 0.947 bits per heavy atom. The van der Waals surface area contributed by atoms with Crippen molar-refractivity contribution in [3.8, 4) is 11.1 Å². The van der Waals surface area contributed by atoms with Crippen LogP contribution in [0.15, 0.2) is 53.8 Å². The number of hydrogen-bond donors (Lipinski definition) is 0. The molecule has 0 radical (unpaired) electrons. The van der Waals surface area contributed by atoms with Crippen LogP contribution in [-0.2, 0) is 0 Å². The van der Waals surface area contributed by atoms with Gasteiger partial charge in [-0.15, -0.1) is 0 Å². The largest absolute Gasteiger partial charge is 0.282 e. The maximum atomic E-state index is 4.71. The van der Waals surface area contributed by atoms with E-state index in [0.717, 1.165) is 33.4 Å². The highest BCUT2D eigenvalue weighted by atomic mass is 15.1. The number of rotatable bonds is 0. The Morgan fingerprint density at radius 3 is 2.89 bits per heavy atom. The molecule has 4 nitrogen and oxygen atoms in total. The number of imidazole rings is 2. The molecule has 0 spiro atoms. The predicted molar refractivity (Wildman–Crippen MR) is 72.3 cm³/mol. The number of benzene rings is 2. The summed E-state index contributed by atoms with van der Waals surface area (Å²) in [6, 6.07) is 12.4. The molecular weight excluding hydrogens is 236 g/mol. The lowest BCUT2D eigenvalue weighted by atomic mass is 10.1. The molecule has 0 saturated heterocycles. The van der Waals surface area contributed by atoms with Gasteiger partial charge in [0.2, 0.25) is 5.78 Å². The quantitative estimate of drug-likeness (QED) is 0.420. The second kappa shape index (κ2) is 2.98. The molecule has 1 aliphatic heterocycles. The zero-order valence-electron chi connectivity index (χ0n) is 9.91. The third-order valence-electron chi connectivity index (χ3n) is 3.65. The van der Waals surface area contributed by atoms with Crippen molar-refractivity contribution in [2.75, 3.05) is 0 Å². The normalized spacial score (nSPS) is 12.6. The van der Waals surface area contributed by atoms with Gasteiger partial charge < -0.3 is 0 Å². The number of hydrogen-bond acceptors (Lipinski definition) is 3. The van der Waals surface area contributed by atoms with E-state index in [0.29, 0.717) is 0 Å². The van der Waals surface area contributed by atoms with E-state index in [1.165, 1.54) is 5.56 Å². The van der Waals surface area contributed by atoms with Gasteiger partial charge in [0, 0.05) is 23.5 Å². The van der Waals surface area contributed by atoms with Gasteiger partial charge in [0.15, 0.2) is 0 Å². The molecule has 0 atom stereocenters. The Hall–Kier alpha value is -2.75. The maximum absolute atomic E-state index is 4.71. The van der Waals surface area contributed by atoms with Crippen molar-refractivity contribution in [2.45, 2.75) is 0 Å². The minimum absolute atomic E-state index is 0.731. The summed E-state index contributed by atoms with van der Waals surface area (Å²) in [5, 5.41) is 0.962. The van der Waals surface area contributed by atoms with Crippen LogP contribution in [0.5, 0.6) is 0 Å². The number of nitrogens with zero attached hydrogens (tertiary/aromatic N) is 4. The molecule has 19 heavy (non-hydrogen) atoms. The van der Waals surface area contributed by atoms with Crippen LogP contribution in [0.4, 0.5) is 5.69 Å². The lowest BCUT2D eigenvalue weighted by molar-refractivity contribution is 1.25. The molecular formula is C15H8N4. The average molecular weight is 244 g/mol. The summed E-state index contributed by atoms with van der Waals surface area (Å²) < 4.78 is 1.99. The van der Waals surface area contributed by atoms with Crippen LogP contribution in [0.25, 0.3) is 27.9 Å². The zero-order valence-corrected chi connectivity index (χ0v) is 9.91. The number of fused-ring (bicyclic) bond motifs is 7. The van der Waals surface area contributed by atoms with E-state index in [-0.39, 0.29) is 0 Å². The third kappa shape index (κ3) is 1.02. The highest BCUT2D eigenvalue weighted by molar-refractivity contribution is 5.89. The van der Waals surface area contributed by atoms with Gasteiger partial charge in [-0.1, -0.05) is 18.2 Å². The molecule has 5 rings (SSSR count). The second-order valence-electron chi connectivity index (χ2n) is 4.67. The molecule has 3 heterocycles. The molecule has 4 aromatic rings. The molecule has 0 unspecified atom stereocenters. The van der Waals surface area contributed by atoms with Crippen molar-refractivity contribution in [1.82, 2.24) is 14.4 Å². The van der Waals surface area contributed by atoms with E-state index in [1.807, 2.05) is 28.8 Å². The highest BCUT2D eigenvalue weighted by Crippen LogP contribution is 2.33. The summed E-state index contributed by atoms with van der Waals surface area (Å²) >= 11 is 0. The molecule has 2 aromatic heterocycles. The van der Waals surface area contributed by atoms with Gasteiger partial charge in [0.1, 0.15) is 5.52 Å². The molecule has 0 saturated carbocycles. The molecule has 88 valence electrons. The predicted octanol–water partition coefficient (Wildman–Crippen LogP) is 2.53. The fourth-order valence-corrected chi connectivity index (χ4v) is 2.79. The van der Waals surface area contributed by atoms with Crippen LogP contribution < -0.4 is 5.36 Å². The standard InChI is InChI=1S/C15H8N4/c1-2-4-11-9(3-1)10-5-6-12-14(13(10)17-11)18-15-16-7-8-19(12)15/h1-8H. The minimum Gasteiger partial charge on any atom is -0.282 e. The first kappa shape index (κ1) is 9.22. The molecule has 1 aliphatic rings. The van der Waals surface area contributed by atoms with Gasteiger partial charge in [0.05, 0.1) is 16.6 Å². The minimum atomic E-state index is 0.731. The van der Waals surface area contributed by atoms with E-state index in [9.17, 15) is 0 Å². The fraction of sp³-hybridized carbons (Fsp3) is 0. The van der Waals surface area contributed by atoms with Crippen molar-refractivity contribution in [3.05, 3.63) is 54.1 Å². The monoisotopic (exact) mass is 244 g/mol. The van der Waals surface area contributed by atoms with Gasteiger partial charge in [-0.3, -0.25) is 4.40 Å². The Labute approximate surface area is 108 Å². The average Bonchev–Trinajstić information content (AvgIpc) is 3.09. The van der Waals surface area contributed by atoms with Crippen LogP contribution in [0.1, 0.15) is 0 Å². The molecule has 2 aromatic carbocycles. The summed E-state index contributed by atoms with van der Waals surface area (Å²) in [5.41, 5.74) is 5.34. The van der Waals surface area contributed by atoms with Crippen molar-refractivity contribution in [3.63, 3.8) is 0 Å². The van der Waals surface area contributed by atoms with Crippen molar-refractivity contribution in [2.24, 2.45) is 4.99 Å². The Bertz CT molecular complexity index is 1010. The number of para-hydroxylation sites is 1. The molecule has 4 heteroatoms. The molecule has 0 amide bonds.